The summed E-state index contributed by atoms with van der Waals surface area (Å²) in [6.07, 6.45) is 0. The Morgan fingerprint density at radius 2 is 1.71 bits per heavy atom. The van der Waals surface area contributed by atoms with Gasteiger partial charge in [0, 0.05) is 6.07 Å². The van der Waals surface area contributed by atoms with Gasteiger partial charge in [0.25, 0.3) is 5.69 Å². The van der Waals surface area contributed by atoms with Gasteiger partial charge in [0.15, 0.2) is 11.5 Å². The number of hydrogen-bond acceptors (Lipinski definition) is 4. The van der Waals surface area contributed by atoms with Gasteiger partial charge in [0.1, 0.15) is 13.2 Å². The Hall–Kier alpha value is -1.20. The molecule has 0 fully saturated rings. The van der Waals surface area contributed by atoms with Crippen LogP contribution in [0.5, 0.6) is 11.5 Å². The predicted molar refractivity (Wildman–Crippen MR) is 65.5 cm³/mol. The second kappa shape index (κ2) is 7.19. The fourth-order valence-corrected chi connectivity index (χ4v) is 1.29. The molecule has 0 bridgehead atoms. The minimum atomic E-state index is -0.501. The number of nitro benzene ring substituents is 1. The van der Waals surface area contributed by atoms with Crippen LogP contribution in [0.25, 0.3) is 0 Å². The highest BCUT2D eigenvalue weighted by molar-refractivity contribution is 6.18. The van der Waals surface area contributed by atoms with Gasteiger partial charge < -0.3 is 9.47 Å². The molecule has 0 unspecified atom stereocenters. The number of ether oxygens (including phenoxy) is 2. The lowest BCUT2D eigenvalue weighted by atomic mass is 10.3. The zero-order valence-electron chi connectivity index (χ0n) is 8.90. The van der Waals surface area contributed by atoms with E-state index in [1.165, 1.54) is 18.2 Å². The Bertz CT molecular complexity index is 387. The van der Waals surface area contributed by atoms with E-state index < -0.39 is 4.92 Å². The molecule has 1 rings (SSSR count). The monoisotopic (exact) mass is 279 g/mol. The fraction of sp³-hybridized carbons (Fsp3) is 0.400. The molecular weight excluding hydrogens is 269 g/mol. The zero-order valence-corrected chi connectivity index (χ0v) is 10.4. The van der Waals surface area contributed by atoms with E-state index in [2.05, 4.69) is 0 Å². The standard InChI is InChI=1S/C10H11Cl2NO4/c11-3-5-16-9-2-1-8(13(14)15)7-10(9)17-6-4-12/h1-2,7H,3-6H2. The van der Waals surface area contributed by atoms with Gasteiger partial charge in [-0.05, 0) is 6.07 Å². The second-order valence-electron chi connectivity index (χ2n) is 2.96. The lowest BCUT2D eigenvalue weighted by Crippen LogP contribution is -2.04. The summed E-state index contributed by atoms with van der Waals surface area (Å²) in [5.41, 5.74) is -0.0622. The van der Waals surface area contributed by atoms with Crippen LogP contribution in [0, 0.1) is 10.1 Å². The third kappa shape index (κ3) is 4.28. The summed E-state index contributed by atoms with van der Waals surface area (Å²) in [5, 5.41) is 10.6. The van der Waals surface area contributed by atoms with Gasteiger partial charge in [0.05, 0.1) is 22.7 Å². The maximum Gasteiger partial charge on any atom is 0.273 e. The minimum absolute atomic E-state index is 0.0622. The summed E-state index contributed by atoms with van der Waals surface area (Å²) in [7, 11) is 0. The zero-order chi connectivity index (χ0) is 12.7. The van der Waals surface area contributed by atoms with Gasteiger partial charge in [-0.3, -0.25) is 10.1 Å². The van der Waals surface area contributed by atoms with E-state index >= 15 is 0 Å². The molecule has 1 aromatic rings. The van der Waals surface area contributed by atoms with E-state index in [0.29, 0.717) is 24.0 Å². The first-order valence-electron chi connectivity index (χ1n) is 4.85. The number of nitrogens with zero attached hydrogens (tertiary/aromatic N) is 1. The van der Waals surface area contributed by atoms with Crippen molar-refractivity contribution in [1.29, 1.82) is 0 Å². The van der Waals surface area contributed by atoms with E-state index in [9.17, 15) is 10.1 Å². The van der Waals surface area contributed by atoms with E-state index in [-0.39, 0.29) is 18.2 Å². The number of benzene rings is 1. The van der Waals surface area contributed by atoms with Crippen molar-refractivity contribution in [3.63, 3.8) is 0 Å². The average Bonchev–Trinajstić information content (AvgIpc) is 2.34. The Kier molecular flexibility index (Phi) is 5.86. The molecule has 0 radical (unpaired) electrons. The topological polar surface area (TPSA) is 61.6 Å². The highest BCUT2D eigenvalue weighted by atomic mass is 35.5. The molecule has 1 aromatic carbocycles. The highest BCUT2D eigenvalue weighted by Crippen LogP contribution is 2.31. The molecule has 0 spiro atoms. The van der Waals surface area contributed by atoms with Gasteiger partial charge in [-0.2, -0.15) is 0 Å². The van der Waals surface area contributed by atoms with Crippen molar-refractivity contribution in [2.75, 3.05) is 25.0 Å². The van der Waals surface area contributed by atoms with Crippen molar-refractivity contribution in [3.05, 3.63) is 28.3 Å². The number of rotatable bonds is 7. The number of halogens is 2. The van der Waals surface area contributed by atoms with E-state index in [0.717, 1.165) is 0 Å². The SMILES string of the molecule is O=[N+]([O-])c1ccc(OCCCl)c(OCCCl)c1. The first kappa shape index (κ1) is 13.9. The summed E-state index contributed by atoms with van der Waals surface area (Å²) >= 11 is 11.0. The Balaban J connectivity index is 2.90. The summed E-state index contributed by atoms with van der Waals surface area (Å²) in [4.78, 5) is 10.1. The molecule has 17 heavy (non-hydrogen) atoms. The van der Waals surface area contributed by atoms with Gasteiger partial charge in [-0.15, -0.1) is 23.2 Å². The molecule has 94 valence electrons. The Labute approximate surface area is 108 Å². The smallest absolute Gasteiger partial charge is 0.273 e. The molecule has 0 aliphatic rings. The molecule has 0 saturated carbocycles. The predicted octanol–water partition coefficient (Wildman–Crippen LogP) is 2.83. The molecule has 0 atom stereocenters. The van der Waals surface area contributed by atoms with Crippen molar-refractivity contribution in [1.82, 2.24) is 0 Å². The molecule has 0 amide bonds. The largest absolute Gasteiger partial charge is 0.488 e. The first-order chi connectivity index (χ1) is 8.19. The quantitative estimate of drug-likeness (QED) is 0.437. The van der Waals surface area contributed by atoms with Crippen LogP contribution < -0.4 is 9.47 Å². The molecule has 0 aliphatic carbocycles. The van der Waals surface area contributed by atoms with Gasteiger partial charge in [-0.25, -0.2) is 0 Å². The van der Waals surface area contributed by atoms with Crippen LogP contribution in [0.2, 0.25) is 0 Å². The maximum absolute atomic E-state index is 10.6. The van der Waals surface area contributed by atoms with Crippen molar-refractivity contribution < 1.29 is 14.4 Å². The molecule has 0 heterocycles. The van der Waals surface area contributed by atoms with Gasteiger partial charge >= 0.3 is 0 Å². The molecule has 0 aliphatic heterocycles. The summed E-state index contributed by atoms with van der Waals surface area (Å²) in [6, 6.07) is 4.13. The van der Waals surface area contributed by atoms with Crippen LogP contribution in [0.3, 0.4) is 0 Å². The van der Waals surface area contributed by atoms with Crippen LogP contribution in [-0.2, 0) is 0 Å². The minimum Gasteiger partial charge on any atom is -0.488 e. The normalized spacial score (nSPS) is 10.0. The molecule has 5 nitrogen and oxygen atoms in total. The number of hydrogen-bond donors (Lipinski definition) is 0. The van der Waals surface area contributed by atoms with Crippen LogP contribution in [-0.4, -0.2) is 29.9 Å². The number of nitro groups is 1. The van der Waals surface area contributed by atoms with Crippen molar-refractivity contribution in [3.8, 4) is 11.5 Å². The van der Waals surface area contributed by atoms with E-state index in [1.807, 2.05) is 0 Å². The summed E-state index contributed by atoms with van der Waals surface area (Å²) < 4.78 is 10.6. The molecule has 0 saturated heterocycles. The van der Waals surface area contributed by atoms with Crippen LogP contribution in [0.1, 0.15) is 0 Å². The van der Waals surface area contributed by atoms with Crippen LogP contribution in [0.15, 0.2) is 18.2 Å². The van der Waals surface area contributed by atoms with Gasteiger partial charge in [0.2, 0.25) is 0 Å². The highest BCUT2D eigenvalue weighted by Gasteiger charge is 2.12. The van der Waals surface area contributed by atoms with Crippen molar-refractivity contribution >= 4 is 28.9 Å². The third-order valence-electron chi connectivity index (χ3n) is 1.81. The van der Waals surface area contributed by atoms with E-state index in [1.54, 1.807) is 0 Å². The lowest BCUT2D eigenvalue weighted by molar-refractivity contribution is -0.385. The van der Waals surface area contributed by atoms with E-state index in [4.69, 9.17) is 32.7 Å². The maximum atomic E-state index is 10.6. The Morgan fingerprint density at radius 1 is 1.12 bits per heavy atom. The number of non-ortho nitro benzene ring substituents is 1. The summed E-state index contributed by atoms with van der Waals surface area (Å²) in [6.45, 7) is 0.552. The first-order valence-corrected chi connectivity index (χ1v) is 5.92. The lowest BCUT2D eigenvalue weighted by Gasteiger charge is -2.10. The molecule has 0 aromatic heterocycles. The Morgan fingerprint density at radius 3 is 2.24 bits per heavy atom. The van der Waals surface area contributed by atoms with Crippen LogP contribution in [0.4, 0.5) is 5.69 Å². The summed E-state index contributed by atoms with van der Waals surface area (Å²) in [5.74, 6) is 1.33. The fourth-order valence-electron chi connectivity index (χ4n) is 1.14. The second-order valence-corrected chi connectivity index (χ2v) is 3.72. The molecular formula is C10H11Cl2NO4. The number of alkyl halides is 2. The van der Waals surface area contributed by atoms with Gasteiger partial charge in [-0.1, -0.05) is 0 Å². The van der Waals surface area contributed by atoms with Crippen LogP contribution >= 0.6 is 23.2 Å². The molecule has 0 N–H and O–H groups in total. The third-order valence-corrected chi connectivity index (χ3v) is 2.12. The van der Waals surface area contributed by atoms with Crippen molar-refractivity contribution in [2.24, 2.45) is 0 Å². The molecule has 7 heteroatoms. The van der Waals surface area contributed by atoms with Crippen molar-refractivity contribution in [2.45, 2.75) is 0 Å². The average molecular weight is 280 g/mol.